The highest BCUT2D eigenvalue weighted by atomic mass is 32.2. The lowest BCUT2D eigenvalue weighted by Gasteiger charge is -2.24. The van der Waals surface area contributed by atoms with Crippen LogP contribution < -0.4 is 10.5 Å². The van der Waals surface area contributed by atoms with E-state index in [0.717, 1.165) is 12.8 Å². The SMILES string of the molecule is CC(C)(NS(=O)(=O)C1CC1)C(N)=S. The van der Waals surface area contributed by atoms with Crippen molar-refractivity contribution in [2.45, 2.75) is 37.5 Å². The maximum Gasteiger partial charge on any atom is 0.215 e. The first-order chi connectivity index (χ1) is 5.76. The Morgan fingerprint density at radius 1 is 1.54 bits per heavy atom. The molecule has 6 heteroatoms. The summed E-state index contributed by atoms with van der Waals surface area (Å²) in [6.45, 7) is 3.32. The van der Waals surface area contributed by atoms with E-state index in [-0.39, 0.29) is 10.2 Å². The predicted molar refractivity (Wildman–Crippen MR) is 55.9 cm³/mol. The molecule has 0 aromatic rings. The molecule has 1 aliphatic carbocycles. The number of sulfonamides is 1. The first-order valence-electron chi connectivity index (χ1n) is 4.08. The van der Waals surface area contributed by atoms with Crippen LogP contribution in [0.5, 0.6) is 0 Å². The van der Waals surface area contributed by atoms with Crippen LogP contribution in [-0.2, 0) is 10.0 Å². The van der Waals surface area contributed by atoms with E-state index in [4.69, 9.17) is 18.0 Å². The Morgan fingerprint density at radius 2 is 2.00 bits per heavy atom. The van der Waals surface area contributed by atoms with Crippen LogP contribution in [0.3, 0.4) is 0 Å². The summed E-state index contributed by atoms with van der Waals surface area (Å²) in [5, 5.41) is -0.235. The monoisotopic (exact) mass is 222 g/mol. The van der Waals surface area contributed by atoms with E-state index < -0.39 is 15.6 Å². The van der Waals surface area contributed by atoms with Crippen LogP contribution in [0.4, 0.5) is 0 Å². The van der Waals surface area contributed by atoms with Gasteiger partial charge in [0.1, 0.15) is 0 Å². The first-order valence-corrected chi connectivity index (χ1v) is 6.04. The van der Waals surface area contributed by atoms with Gasteiger partial charge in [-0.3, -0.25) is 0 Å². The van der Waals surface area contributed by atoms with E-state index in [1.54, 1.807) is 13.8 Å². The molecule has 76 valence electrons. The van der Waals surface area contributed by atoms with Crippen LogP contribution in [0.2, 0.25) is 0 Å². The molecule has 1 fully saturated rings. The van der Waals surface area contributed by atoms with E-state index in [1.165, 1.54) is 0 Å². The van der Waals surface area contributed by atoms with Gasteiger partial charge in [-0.05, 0) is 26.7 Å². The molecule has 0 bridgehead atoms. The number of rotatable bonds is 4. The van der Waals surface area contributed by atoms with Crippen molar-refractivity contribution in [2.24, 2.45) is 5.73 Å². The molecule has 1 aliphatic rings. The molecule has 13 heavy (non-hydrogen) atoms. The Bertz CT molecular complexity index is 317. The van der Waals surface area contributed by atoms with Crippen molar-refractivity contribution in [3.05, 3.63) is 0 Å². The summed E-state index contributed by atoms with van der Waals surface area (Å²) in [6.07, 6.45) is 1.48. The lowest BCUT2D eigenvalue weighted by atomic mass is 10.1. The van der Waals surface area contributed by atoms with Gasteiger partial charge in [0.2, 0.25) is 10.0 Å². The summed E-state index contributed by atoms with van der Waals surface area (Å²) in [5.74, 6) is 0. The zero-order valence-corrected chi connectivity index (χ0v) is 9.33. The molecule has 0 radical (unpaired) electrons. The molecule has 1 rings (SSSR count). The Morgan fingerprint density at radius 3 is 2.31 bits per heavy atom. The van der Waals surface area contributed by atoms with Crippen molar-refractivity contribution in [3.63, 3.8) is 0 Å². The van der Waals surface area contributed by atoms with Crippen molar-refractivity contribution < 1.29 is 8.42 Å². The van der Waals surface area contributed by atoms with Gasteiger partial charge in [-0.1, -0.05) is 12.2 Å². The van der Waals surface area contributed by atoms with Crippen LogP contribution in [0.25, 0.3) is 0 Å². The van der Waals surface area contributed by atoms with Gasteiger partial charge >= 0.3 is 0 Å². The highest BCUT2D eigenvalue weighted by Crippen LogP contribution is 2.28. The summed E-state index contributed by atoms with van der Waals surface area (Å²) in [6, 6.07) is 0. The second-order valence-electron chi connectivity index (χ2n) is 3.84. The Kier molecular flexibility index (Phi) is 2.66. The molecule has 3 N–H and O–H groups in total. The fourth-order valence-corrected chi connectivity index (χ4v) is 2.73. The lowest BCUT2D eigenvalue weighted by Crippen LogP contribution is -2.52. The minimum atomic E-state index is -3.21. The first kappa shape index (κ1) is 10.9. The number of hydrogen-bond acceptors (Lipinski definition) is 3. The van der Waals surface area contributed by atoms with E-state index in [2.05, 4.69) is 4.72 Å². The zero-order chi connectivity index (χ0) is 10.3. The van der Waals surface area contributed by atoms with Gasteiger partial charge in [0, 0.05) is 0 Å². The predicted octanol–water partition coefficient (Wildman–Crippen LogP) is 0.133. The standard InChI is InChI=1S/C7H14N2O2S2/c1-7(2,6(8)12)9-13(10,11)5-3-4-5/h5,9H,3-4H2,1-2H3,(H2,8,12). The largest absolute Gasteiger partial charge is 0.392 e. The van der Waals surface area contributed by atoms with Crippen LogP contribution in [0.1, 0.15) is 26.7 Å². The number of thiocarbonyl (C=S) groups is 1. The minimum absolute atomic E-state index is 0.164. The fraction of sp³-hybridized carbons (Fsp3) is 0.857. The molecular weight excluding hydrogens is 208 g/mol. The van der Waals surface area contributed by atoms with Crippen molar-refractivity contribution in [1.82, 2.24) is 4.72 Å². The van der Waals surface area contributed by atoms with E-state index in [1.807, 2.05) is 0 Å². The Hall–Kier alpha value is -0.200. The highest BCUT2D eigenvalue weighted by Gasteiger charge is 2.39. The molecule has 0 saturated heterocycles. The molecule has 0 amide bonds. The third-order valence-electron chi connectivity index (χ3n) is 1.98. The molecule has 0 aromatic heterocycles. The molecule has 0 aliphatic heterocycles. The second-order valence-corrected chi connectivity index (χ2v) is 6.24. The van der Waals surface area contributed by atoms with Crippen LogP contribution in [0, 0.1) is 0 Å². The third kappa shape index (κ3) is 2.62. The molecule has 4 nitrogen and oxygen atoms in total. The topological polar surface area (TPSA) is 72.2 Å². The maximum absolute atomic E-state index is 11.5. The summed E-state index contributed by atoms with van der Waals surface area (Å²) >= 11 is 4.76. The average molecular weight is 222 g/mol. The number of nitrogens with two attached hydrogens (primary N) is 1. The third-order valence-corrected chi connectivity index (χ3v) is 4.63. The molecule has 0 heterocycles. The average Bonchev–Trinajstić information content (AvgIpc) is 2.63. The summed E-state index contributed by atoms with van der Waals surface area (Å²) < 4.78 is 25.5. The maximum atomic E-state index is 11.5. The van der Waals surface area contributed by atoms with Gasteiger partial charge in [-0.25, -0.2) is 13.1 Å². The summed E-state index contributed by atoms with van der Waals surface area (Å²) in [5.41, 5.74) is 4.58. The van der Waals surface area contributed by atoms with Crippen molar-refractivity contribution >= 4 is 27.2 Å². The lowest BCUT2D eigenvalue weighted by molar-refractivity contribution is 0.545. The normalized spacial score (nSPS) is 18.6. The number of nitrogens with one attached hydrogen (secondary N) is 1. The molecule has 0 spiro atoms. The van der Waals surface area contributed by atoms with E-state index in [0.29, 0.717) is 0 Å². The van der Waals surface area contributed by atoms with Gasteiger partial charge in [0.15, 0.2) is 0 Å². The van der Waals surface area contributed by atoms with Crippen molar-refractivity contribution in [2.75, 3.05) is 0 Å². The molecule has 1 saturated carbocycles. The second kappa shape index (κ2) is 3.18. The summed E-state index contributed by atoms with van der Waals surface area (Å²) in [4.78, 5) is 0.164. The highest BCUT2D eigenvalue weighted by molar-refractivity contribution is 7.90. The molecule has 0 aromatic carbocycles. The molecular formula is C7H14N2O2S2. The van der Waals surface area contributed by atoms with Crippen LogP contribution >= 0.6 is 12.2 Å². The van der Waals surface area contributed by atoms with Gasteiger partial charge in [0.25, 0.3) is 0 Å². The van der Waals surface area contributed by atoms with Crippen LogP contribution in [-0.4, -0.2) is 24.2 Å². The zero-order valence-electron chi connectivity index (χ0n) is 7.70. The number of hydrogen-bond donors (Lipinski definition) is 2. The minimum Gasteiger partial charge on any atom is -0.392 e. The Balaban J connectivity index is 2.72. The smallest absolute Gasteiger partial charge is 0.215 e. The van der Waals surface area contributed by atoms with Gasteiger partial charge in [0.05, 0.1) is 15.8 Å². The van der Waals surface area contributed by atoms with Crippen molar-refractivity contribution in [1.29, 1.82) is 0 Å². The van der Waals surface area contributed by atoms with Crippen molar-refractivity contribution in [3.8, 4) is 0 Å². The Labute approximate surface area is 83.9 Å². The van der Waals surface area contributed by atoms with E-state index >= 15 is 0 Å². The quantitative estimate of drug-likeness (QED) is 0.663. The van der Waals surface area contributed by atoms with Gasteiger partial charge in [-0.15, -0.1) is 0 Å². The molecule has 0 unspecified atom stereocenters. The van der Waals surface area contributed by atoms with E-state index in [9.17, 15) is 8.42 Å². The fourth-order valence-electron chi connectivity index (χ4n) is 0.868. The summed E-state index contributed by atoms with van der Waals surface area (Å²) in [7, 11) is -3.21. The van der Waals surface area contributed by atoms with Crippen LogP contribution in [0.15, 0.2) is 0 Å². The molecule has 0 atom stereocenters. The van der Waals surface area contributed by atoms with Gasteiger partial charge < -0.3 is 5.73 Å². The van der Waals surface area contributed by atoms with Gasteiger partial charge in [-0.2, -0.15) is 0 Å².